The van der Waals surface area contributed by atoms with E-state index in [-0.39, 0.29) is 10.9 Å². The van der Waals surface area contributed by atoms with E-state index in [9.17, 15) is 0 Å². The summed E-state index contributed by atoms with van der Waals surface area (Å²) in [4.78, 5) is 4.30. The Morgan fingerprint density at radius 3 is 2.37 bits per heavy atom. The number of piperazine rings is 1. The van der Waals surface area contributed by atoms with Gasteiger partial charge in [0.15, 0.2) is 5.11 Å². The zero-order valence-corrected chi connectivity index (χ0v) is 21.2. The molecular formula is C25H25Cl2FN6S. The highest BCUT2D eigenvalue weighted by atomic mass is 35.5. The van der Waals surface area contributed by atoms with Crippen LogP contribution in [-0.4, -0.2) is 37.5 Å². The Morgan fingerprint density at radius 2 is 1.69 bits per heavy atom. The summed E-state index contributed by atoms with van der Waals surface area (Å²) in [6, 6.07) is 18.6. The summed E-state index contributed by atoms with van der Waals surface area (Å²) < 4.78 is 15.2. The lowest BCUT2D eigenvalue weighted by Gasteiger charge is -2.37. The summed E-state index contributed by atoms with van der Waals surface area (Å²) in [7, 11) is 0. The molecule has 0 amide bonds. The van der Waals surface area contributed by atoms with Gasteiger partial charge in [-0.25, -0.2) is 4.39 Å². The summed E-state index contributed by atoms with van der Waals surface area (Å²) in [6.07, 6.45) is 1.49. The van der Waals surface area contributed by atoms with Gasteiger partial charge in [-0.3, -0.25) is 5.43 Å². The van der Waals surface area contributed by atoms with Gasteiger partial charge in [0.1, 0.15) is 5.82 Å². The Hall–Kier alpha value is -3.07. The number of hydrogen-bond donors (Lipinski definition) is 3. The first-order valence-corrected chi connectivity index (χ1v) is 12.2. The Kier molecular flexibility index (Phi) is 8.28. The fourth-order valence-electron chi connectivity index (χ4n) is 3.97. The van der Waals surface area contributed by atoms with Crippen LogP contribution in [0.25, 0.3) is 0 Å². The van der Waals surface area contributed by atoms with Gasteiger partial charge in [0.05, 0.1) is 11.9 Å². The van der Waals surface area contributed by atoms with E-state index in [4.69, 9.17) is 41.2 Å². The molecule has 0 unspecified atom stereocenters. The maximum Gasteiger partial charge on any atom is 0.184 e. The van der Waals surface area contributed by atoms with Crippen LogP contribution in [0.3, 0.4) is 0 Å². The van der Waals surface area contributed by atoms with Crippen molar-refractivity contribution < 1.29 is 4.39 Å². The average molecular weight is 531 g/mol. The van der Waals surface area contributed by atoms with E-state index >= 15 is 4.39 Å². The number of nitrogens with one attached hydrogen (secondary N) is 2. The van der Waals surface area contributed by atoms with Crippen LogP contribution < -0.4 is 26.3 Å². The average Bonchev–Trinajstić information content (AvgIpc) is 2.83. The van der Waals surface area contributed by atoms with E-state index in [1.54, 1.807) is 0 Å². The molecule has 0 radical (unpaired) electrons. The Morgan fingerprint density at radius 1 is 1.00 bits per heavy atom. The Labute approximate surface area is 219 Å². The number of thiocarbonyl (C=S) groups is 1. The van der Waals surface area contributed by atoms with Gasteiger partial charge in [-0.1, -0.05) is 41.4 Å². The number of benzene rings is 3. The summed E-state index contributed by atoms with van der Waals surface area (Å²) in [5, 5.41) is 8.78. The van der Waals surface area contributed by atoms with Crippen LogP contribution in [0, 0.1) is 5.82 Å². The van der Waals surface area contributed by atoms with Crippen LogP contribution in [0.1, 0.15) is 11.1 Å². The number of hydrazone groups is 1. The lowest BCUT2D eigenvalue weighted by atomic mass is 10.1. The molecule has 0 aromatic heterocycles. The first kappa shape index (κ1) is 25.0. The standard InChI is InChI=1S/C25H25Cl2FN6S/c26-19-4-1-3-17(11-19)15-30-23-14-24(22(28)12-18(23)16-31-32-25(29)35)34-9-7-33(8-10-34)21-6-2-5-20(27)13-21/h1-6,11-14,16,30H,7-10,15H2,(H3,29,32,35)/b31-16+. The van der Waals surface area contributed by atoms with Crippen molar-refractivity contribution in [2.45, 2.75) is 6.54 Å². The molecule has 3 aromatic carbocycles. The third-order valence-electron chi connectivity index (χ3n) is 5.66. The first-order chi connectivity index (χ1) is 16.9. The summed E-state index contributed by atoms with van der Waals surface area (Å²) in [5.74, 6) is -0.328. The van der Waals surface area contributed by atoms with Gasteiger partial charge >= 0.3 is 0 Å². The third-order valence-corrected chi connectivity index (χ3v) is 6.22. The highest BCUT2D eigenvalue weighted by Gasteiger charge is 2.21. The number of halogens is 3. The topological polar surface area (TPSA) is 68.9 Å². The van der Waals surface area contributed by atoms with Crippen LogP contribution in [0.15, 0.2) is 65.8 Å². The molecule has 35 heavy (non-hydrogen) atoms. The molecule has 1 heterocycles. The van der Waals surface area contributed by atoms with E-state index < -0.39 is 0 Å². The highest BCUT2D eigenvalue weighted by molar-refractivity contribution is 7.80. The molecule has 4 N–H and O–H groups in total. The van der Waals surface area contributed by atoms with E-state index in [0.29, 0.717) is 40.9 Å². The lowest BCUT2D eigenvalue weighted by Crippen LogP contribution is -2.46. The molecule has 3 aromatic rings. The van der Waals surface area contributed by atoms with Crippen molar-refractivity contribution in [1.29, 1.82) is 0 Å². The van der Waals surface area contributed by atoms with Gasteiger partial charge in [-0.05, 0) is 60.2 Å². The van der Waals surface area contributed by atoms with Gasteiger partial charge in [-0.2, -0.15) is 5.10 Å². The van der Waals surface area contributed by atoms with Crippen LogP contribution in [-0.2, 0) is 6.54 Å². The maximum atomic E-state index is 15.2. The monoisotopic (exact) mass is 530 g/mol. The highest BCUT2D eigenvalue weighted by Crippen LogP contribution is 2.29. The van der Waals surface area contributed by atoms with E-state index in [1.165, 1.54) is 12.3 Å². The second-order valence-electron chi connectivity index (χ2n) is 8.06. The van der Waals surface area contributed by atoms with Crippen molar-refractivity contribution in [2.75, 3.05) is 41.3 Å². The molecule has 1 fully saturated rings. The van der Waals surface area contributed by atoms with E-state index in [1.807, 2.05) is 54.6 Å². The predicted molar refractivity (Wildman–Crippen MR) is 149 cm³/mol. The normalized spacial score (nSPS) is 13.8. The summed E-state index contributed by atoms with van der Waals surface area (Å²) in [5.41, 5.74) is 11.8. The molecule has 4 rings (SSSR count). The third kappa shape index (κ3) is 6.75. The quantitative estimate of drug-likeness (QED) is 0.220. The minimum atomic E-state index is -0.328. The number of rotatable bonds is 7. The largest absolute Gasteiger partial charge is 0.380 e. The van der Waals surface area contributed by atoms with Crippen LogP contribution in [0.5, 0.6) is 0 Å². The molecule has 1 saturated heterocycles. The first-order valence-electron chi connectivity index (χ1n) is 11.0. The molecule has 1 aliphatic heterocycles. The second kappa shape index (κ2) is 11.6. The Balaban J connectivity index is 1.54. The minimum absolute atomic E-state index is 0.0318. The van der Waals surface area contributed by atoms with Crippen LogP contribution >= 0.6 is 35.4 Å². The molecular weight excluding hydrogens is 506 g/mol. The molecule has 0 spiro atoms. The zero-order chi connectivity index (χ0) is 24.8. The fourth-order valence-corrected chi connectivity index (χ4v) is 4.42. The minimum Gasteiger partial charge on any atom is -0.380 e. The molecule has 10 heteroatoms. The molecule has 1 aliphatic rings. The lowest BCUT2D eigenvalue weighted by molar-refractivity contribution is 0.598. The predicted octanol–water partition coefficient (Wildman–Crippen LogP) is 5.24. The SMILES string of the molecule is NC(=S)N/N=C/c1cc(F)c(N2CCN(c3cccc(Cl)c3)CC2)cc1NCc1cccc(Cl)c1. The van der Waals surface area contributed by atoms with Gasteiger partial charge in [0.2, 0.25) is 0 Å². The van der Waals surface area contributed by atoms with Crippen molar-refractivity contribution in [1.82, 2.24) is 5.43 Å². The van der Waals surface area contributed by atoms with Crippen molar-refractivity contribution in [2.24, 2.45) is 10.8 Å². The van der Waals surface area contributed by atoms with Gasteiger partial charge in [0.25, 0.3) is 0 Å². The molecule has 0 saturated carbocycles. The molecule has 182 valence electrons. The molecule has 0 aliphatic carbocycles. The fraction of sp³-hybridized carbons (Fsp3) is 0.200. The van der Waals surface area contributed by atoms with Crippen molar-refractivity contribution in [3.8, 4) is 0 Å². The number of hydrogen-bond acceptors (Lipinski definition) is 5. The second-order valence-corrected chi connectivity index (χ2v) is 9.38. The van der Waals surface area contributed by atoms with Crippen LogP contribution in [0.4, 0.5) is 21.5 Å². The van der Waals surface area contributed by atoms with Crippen molar-refractivity contribution in [3.63, 3.8) is 0 Å². The van der Waals surface area contributed by atoms with Gasteiger partial charge in [0, 0.05) is 59.7 Å². The maximum absolute atomic E-state index is 15.2. The van der Waals surface area contributed by atoms with Gasteiger partial charge in [-0.15, -0.1) is 0 Å². The summed E-state index contributed by atoms with van der Waals surface area (Å²) in [6.45, 7) is 3.37. The number of anilines is 3. The van der Waals surface area contributed by atoms with E-state index in [0.717, 1.165) is 30.0 Å². The van der Waals surface area contributed by atoms with Crippen molar-refractivity contribution in [3.05, 3.63) is 87.7 Å². The van der Waals surface area contributed by atoms with Crippen LogP contribution in [0.2, 0.25) is 10.0 Å². The number of nitrogens with two attached hydrogens (primary N) is 1. The smallest absolute Gasteiger partial charge is 0.184 e. The zero-order valence-electron chi connectivity index (χ0n) is 18.8. The Bertz CT molecular complexity index is 1230. The van der Waals surface area contributed by atoms with E-state index in [2.05, 4.69) is 25.6 Å². The molecule has 6 nitrogen and oxygen atoms in total. The molecule has 0 bridgehead atoms. The van der Waals surface area contributed by atoms with Gasteiger partial charge < -0.3 is 20.9 Å². The van der Waals surface area contributed by atoms with Crippen molar-refractivity contribution >= 4 is 63.8 Å². The summed E-state index contributed by atoms with van der Waals surface area (Å²) >= 11 is 17.1. The number of nitrogens with zero attached hydrogens (tertiary/aromatic N) is 3. The molecule has 0 atom stereocenters.